The fourth-order valence-electron chi connectivity index (χ4n) is 4.00. The fourth-order valence-corrected chi connectivity index (χ4v) is 4.00. The molecular weight excluding hydrogens is 412 g/mol. The molecule has 0 unspecified atom stereocenters. The van der Waals surface area contributed by atoms with E-state index in [1.807, 2.05) is 31.2 Å². The molecule has 4 nitrogen and oxygen atoms in total. The zero-order valence-electron chi connectivity index (χ0n) is 20.2. The lowest BCUT2D eigenvalue weighted by molar-refractivity contribution is 0.0692. The molecule has 0 aliphatic rings. The van der Waals surface area contributed by atoms with Crippen molar-refractivity contribution in [1.29, 1.82) is 0 Å². The van der Waals surface area contributed by atoms with Crippen molar-refractivity contribution in [2.24, 2.45) is 0 Å². The van der Waals surface area contributed by atoms with Gasteiger partial charge in [0.05, 0.1) is 0 Å². The van der Waals surface area contributed by atoms with E-state index >= 15 is 0 Å². The summed E-state index contributed by atoms with van der Waals surface area (Å²) in [6, 6.07) is 11.9. The third kappa shape index (κ3) is 8.80. The van der Waals surface area contributed by atoms with Gasteiger partial charge in [0.2, 0.25) is 0 Å². The van der Waals surface area contributed by atoms with Gasteiger partial charge in [0.15, 0.2) is 0 Å². The topological polar surface area (TPSA) is 77.8 Å². The number of carboxylic acids is 1. The van der Waals surface area contributed by atoms with Gasteiger partial charge in [0, 0.05) is 5.56 Å². The summed E-state index contributed by atoms with van der Waals surface area (Å²) in [6.45, 7) is 6.14. The van der Waals surface area contributed by atoms with Gasteiger partial charge in [-0.2, -0.15) is 0 Å². The van der Waals surface area contributed by atoms with Crippen molar-refractivity contribution in [3.63, 3.8) is 0 Å². The highest BCUT2D eigenvalue weighted by Gasteiger charge is 2.21. The molecule has 0 spiro atoms. The molecule has 0 aliphatic carbocycles. The molecular formula is C29H38O4. The maximum atomic E-state index is 11.9. The average Bonchev–Trinajstić information content (AvgIpc) is 2.76. The third-order valence-electron chi connectivity index (χ3n) is 5.93. The molecule has 33 heavy (non-hydrogen) atoms. The number of hydrogen-bond donors (Lipinski definition) is 3. The number of phenols is 2. The minimum atomic E-state index is -1.16. The molecule has 2 aromatic rings. The predicted molar refractivity (Wildman–Crippen MR) is 135 cm³/mol. The number of phenolic OH excluding ortho intramolecular Hbond substituents is 1. The first-order valence-electron chi connectivity index (χ1n) is 11.9. The second-order valence-corrected chi connectivity index (χ2v) is 9.04. The molecule has 3 N–H and O–H groups in total. The monoisotopic (exact) mass is 450 g/mol. The minimum absolute atomic E-state index is 0.0371. The van der Waals surface area contributed by atoms with Crippen LogP contribution in [0.4, 0.5) is 0 Å². The van der Waals surface area contributed by atoms with Crippen LogP contribution in [0, 0.1) is 0 Å². The Labute approximate surface area is 198 Å². The molecule has 0 atom stereocenters. The van der Waals surface area contributed by atoms with E-state index in [1.165, 1.54) is 17.2 Å². The van der Waals surface area contributed by atoms with Crippen LogP contribution in [-0.4, -0.2) is 21.3 Å². The molecule has 2 rings (SSSR count). The van der Waals surface area contributed by atoms with Crippen molar-refractivity contribution in [2.75, 3.05) is 0 Å². The molecule has 0 saturated carbocycles. The lowest BCUT2D eigenvalue weighted by Crippen LogP contribution is -2.06. The third-order valence-corrected chi connectivity index (χ3v) is 5.93. The summed E-state index contributed by atoms with van der Waals surface area (Å²) in [4.78, 5) is 11.9. The highest BCUT2D eigenvalue weighted by Crippen LogP contribution is 2.35. The van der Waals surface area contributed by atoms with Crippen LogP contribution in [0.5, 0.6) is 11.5 Å². The largest absolute Gasteiger partial charge is 0.508 e. The standard InChI is InChI=1S/C29H38O4/c1-21(2)12-11-13-22(3)18-19-25-26(30)20-24(27(28(25)31)29(32)33)17-10-5-4-7-14-23-15-8-6-9-16-23/h6,8-9,12,15-16,18,20,30-31H,4-5,7,10-11,13-14,17,19H2,1-3H3,(H,32,33)/b22-18+. The van der Waals surface area contributed by atoms with Crippen molar-refractivity contribution in [3.8, 4) is 11.5 Å². The van der Waals surface area contributed by atoms with E-state index in [0.717, 1.165) is 50.5 Å². The molecule has 0 saturated heterocycles. The van der Waals surface area contributed by atoms with Gasteiger partial charge in [0.25, 0.3) is 0 Å². The van der Waals surface area contributed by atoms with E-state index in [-0.39, 0.29) is 22.6 Å². The first kappa shape index (κ1) is 26.2. The lowest BCUT2D eigenvalue weighted by Gasteiger charge is -2.14. The average molecular weight is 451 g/mol. The molecule has 178 valence electrons. The molecule has 0 radical (unpaired) electrons. The number of aromatic carboxylic acids is 1. The minimum Gasteiger partial charge on any atom is -0.508 e. The number of allylic oxidation sites excluding steroid dienone is 4. The molecule has 0 amide bonds. The SMILES string of the molecule is CC(C)=CCC/C(C)=C/Cc1c(O)cc(CCCCCCc2ccccc2)c(C(=O)O)c1O. The Kier molecular flexibility index (Phi) is 10.8. The molecule has 0 heterocycles. The van der Waals surface area contributed by atoms with E-state index in [1.54, 1.807) is 0 Å². The summed E-state index contributed by atoms with van der Waals surface area (Å²) in [5, 5.41) is 30.9. The van der Waals surface area contributed by atoms with Gasteiger partial charge < -0.3 is 15.3 Å². The summed E-state index contributed by atoms with van der Waals surface area (Å²) in [7, 11) is 0. The molecule has 4 heteroatoms. The first-order chi connectivity index (χ1) is 15.8. The van der Waals surface area contributed by atoms with Crippen LogP contribution >= 0.6 is 0 Å². The number of aryl methyl sites for hydroxylation is 2. The Hall–Kier alpha value is -3.01. The molecule has 0 aromatic heterocycles. The van der Waals surface area contributed by atoms with E-state index in [9.17, 15) is 20.1 Å². The maximum absolute atomic E-state index is 11.9. The van der Waals surface area contributed by atoms with E-state index < -0.39 is 5.97 Å². The molecule has 0 aliphatic heterocycles. The Balaban J connectivity index is 1.97. The van der Waals surface area contributed by atoms with Crippen molar-refractivity contribution in [2.45, 2.75) is 78.6 Å². The van der Waals surface area contributed by atoms with Gasteiger partial charge >= 0.3 is 5.97 Å². The number of unbranched alkanes of at least 4 members (excludes halogenated alkanes) is 3. The fraction of sp³-hybridized carbons (Fsp3) is 0.414. The van der Waals surface area contributed by atoms with Crippen molar-refractivity contribution in [3.05, 3.63) is 82.0 Å². The van der Waals surface area contributed by atoms with Crippen LogP contribution < -0.4 is 0 Å². The quantitative estimate of drug-likeness (QED) is 0.220. The van der Waals surface area contributed by atoms with Crippen LogP contribution in [0.25, 0.3) is 0 Å². The summed E-state index contributed by atoms with van der Waals surface area (Å²) in [5.41, 5.74) is 4.44. The molecule has 0 bridgehead atoms. The van der Waals surface area contributed by atoms with Crippen molar-refractivity contribution >= 4 is 5.97 Å². The predicted octanol–water partition coefficient (Wildman–Crippen LogP) is 7.38. The van der Waals surface area contributed by atoms with Gasteiger partial charge in [-0.15, -0.1) is 0 Å². The Morgan fingerprint density at radius 1 is 0.909 bits per heavy atom. The van der Waals surface area contributed by atoms with Gasteiger partial charge in [-0.25, -0.2) is 4.79 Å². The van der Waals surface area contributed by atoms with Crippen LogP contribution in [0.3, 0.4) is 0 Å². The summed E-state index contributed by atoms with van der Waals surface area (Å²) in [5.74, 6) is -1.50. The molecule has 2 aromatic carbocycles. The number of carboxylic acid groups (broad SMARTS) is 1. The second-order valence-electron chi connectivity index (χ2n) is 9.04. The van der Waals surface area contributed by atoms with E-state index in [4.69, 9.17) is 0 Å². The highest BCUT2D eigenvalue weighted by atomic mass is 16.4. The van der Waals surface area contributed by atoms with Crippen molar-refractivity contribution in [1.82, 2.24) is 0 Å². The van der Waals surface area contributed by atoms with Crippen LogP contribution in [0.1, 0.15) is 86.3 Å². The number of carbonyl (C=O) groups is 1. The summed E-state index contributed by atoms with van der Waals surface area (Å²) < 4.78 is 0. The smallest absolute Gasteiger partial charge is 0.339 e. The normalized spacial score (nSPS) is 11.4. The van der Waals surface area contributed by atoms with Gasteiger partial charge in [-0.1, -0.05) is 66.5 Å². The Morgan fingerprint density at radius 2 is 1.58 bits per heavy atom. The summed E-state index contributed by atoms with van der Waals surface area (Å²) in [6.07, 6.45) is 11.8. The number of hydrogen-bond acceptors (Lipinski definition) is 3. The maximum Gasteiger partial charge on any atom is 0.339 e. The Bertz CT molecular complexity index is 967. The van der Waals surface area contributed by atoms with Gasteiger partial charge in [-0.05, 0) is 82.9 Å². The number of rotatable bonds is 13. The van der Waals surface area contributed by atoms with Crippen LogP contribution in [-0.2, 0) is 19.3 Å². The second kappa shape index (κ2) is 13.5. The van der Waals surface area contributed by atoms with Crippen LogP contribution in [0.15, 0.2) is 59.7 Å². The zero-order chi connectivity index (χ0) is 24.2. The summed E-state index contributed by atoms with van der Waals surface area (Å²) >= 11 is 0. The van der Waals surface area contributed by atoms with Crippen LogP contribution in [0.2, 0.25) is 0 Å². The molecule has 0 fully saturated rings. The first-order valence-corrected chi connectivity index (χ1v) is 11.9. The van der Waals surface area contributed by atoms with Crippen molar-refractivity contribution < 1.29 is 20.1 Å². The number of aromatic hydroxyl groups is 2. The number of benzene rings is 2. The van der Waals surface area contributed by atoms with Gasteiger partial charge in [0.1, 0.15) is 17.1 Å². The lowest BCUT2D eigenvalue weighted by atomic mass is 9.94. The van der Waals surface area contributed by atoms with E-state index in [2.05, 4.69) is 32.1 Å². The van der Waals surface area contributed by atoms with E-state index in [0.29, 0.717) is 18.4 Å². The highest BCUT2D eigenvalue weighted by molar-refractivity contribution is 5.93. The van der Waals surface area contributed by atoms with Gasteiger partial charge in [-0.3, -0.25) is 0 Å². The Morgan fingerprint density at radius 3 is 2.21 bits per heavy atom. The zero-order valence-corrected chi connectivity index (χ0v) is 20.2.